The molecule has 0 fully saturated rings. The van der Waals surface area contributed by atoms with Crippen LogP contribution in [0, 0.1) is 5.82 Å². The van der Waals surface area contributed by atoms with Gasteiger partial charge in [0.2, 0.25) is 6.79 Å². The van der Waals surface area contributed by atoms with E-state index in [4.69, 9.17) is 28.7 Å². The van der Waals surface area contributed by atoms with Crippen molar-refractivity contribution in [3.63, 3.8) is 0 Å². The Hall–Kier alpha value is -5.68. The molecule has 1 atom stereocenters. The predicted octanol–water partition coefficient (Wildman–Crippen LogP) is 5.39. The van der Waals surface area contributed by atoms with E-state index in [1.807, 2.05) is 42.5 Å². The fraction of sp³-hybridized carbons (Fsp3) is 0.162. The first-order valence-electron chi connectivity index (χ1n) is 15.2. The second-order valence-corrected chi connectivity index (χ2v) is 11.9. The molecule has 1 aromatic heterocycles. The lowest BCUT2D eigenvalue weighted by molar-refractivity contribution is -0.138. The molecular formula is C37H29FN2O7S. The molecule has 2 aliphatic heterocycles. The molecule has 0 radical (unpaired) electrons. The average Bonchev–Trinajstić information content (AvgIpc) is 3.71. The number of carbonyl (C=O) groups excluding carboxylic acids is 1. The summed E-state index contributed by atoms with van der Waals surface area (Å²) in [5.41, 5.74) is 3.19. The summed E-state index contributed by atoms with van der Waals surface area (Å²) >= 11 is 1.22. The summed E-state index contributed by atoms with van der Waals surface area (Å²) in [7, 11) is 1.53. The van der Waals surface area contributed by atoms with E-state index < -0.39 is 12.0 Å². The highest BCUT2D eigenvalue weighted by molar-refractivity contribution is 7.07. The Balaban J connectivity index is 1.34. The number of ether oxygens (including phenoxy) is 5. The summed E-state index contributed by atoms with van der Waals surface area (Å²) in [5.74, 6) is 1.17. The van der Waals surface area contributed by atoms with Crippen LogP contribution in [0.25, 0.3) is 11.8 Å². The maximum Gasteiger partial charge on any atom is 0.338 e. The summed E-state index contributed by atoms with van der Waals surface area (Å²) in [5, 5.41) is 0. The number of esters is 1. The van der Waals surface area contributed by atoms with Gasteiger partial charge in [0.1, 0.15) is 12.4 Å². The molecule has 0 aliphatic carbocycles. The van der Waals surface area contributed by atoms with E-state index in [1.54, 1.807) is 49.4 Å². The molecule has 0 saturated heterocycles. The molecule has 48 heavy (non-hydrogen) atoms. The second kappa shape index (κ2) is 13.2. The third-order valence-electron chi connectivity index (χ3n) is 7.88. The van der Waals surface area contributed by atoms with Gasteiger partial charge in [-0.2, -0.15) is 0 Å². The summed E-state index contributed by atoms with van der Waals surface area (Å²) in [4.78, 5) is 33.3. The van der Waals surface area contributed by atoms with Gasteiger partial charge in [0, 0.05) is 5.56 Å². The molecule has 7 rings (SSSR count). The van der Waals surface area contributed by atoms with E-state index in [1.165, 1.54) is 35.1 Å². The number of hydrogen-bond acceptors (Lipinski definition) is 9. The first kappa shape index (κ1) is 30.9. The van der Waals surface area contributed by atoms with E-state index in [-0.39, 0.29) is 37.0 Å². The number of hydrogen-bond donors (Lipinski definition) is 0. The Morgan fingerprint density at radius 3 is 2.56 bits per heavy atom. The maximum absolute atomic E-state index is 14.3. The van der Waals surface area contributed by atoms with Gasteiger partial charge in [-0.1, -0.05) is 65.9 Å². The van der Waals surface area contributed by atoms with Crippen molar-refractivity contribution < 1.29 is 32.9 Å². The number of rotatable bonds is 9. The van der Waals surface area contributed by atoms with Gasteiger partial charge in [-0.15, -0.1) is 0 Å². The number of halogens is 1. The van der Waals surface area contributed by atoms with Gasteiger partial charge in [0.25, 0.3) is 5.56 Å². The Morgan fingerprint density at radius 1 is 1.00 bits per heavy atom. The van der Waals surface area contributed by atoms with E-state index in [0.717, 1.165) is 5.56 Å². The lowest BCUT2D eigenvalue weighted by Gasteiger charge is -2.26. The van der Waals surface area contributed by atoms with Gasteiger partial charge in [0.15, 0.2) is 27.8 Å². The topological polar surface area (TPSA) is 97.6 Å². The molecule has 0 unspecified atom stereocenters. The zero-order chi connectivity index (χ0) is 33.2. The number of carbonyl (C=O) groups is 1. The Kier molecular flexibility index (Phi) is 8.51. The molecule has 0 spiro atoms. The van der Waals surface area contributed by atoms with Crippen LogP contribution in [0.3, 0.4) is 0 Å². The van der Waals surface area contributed by atoms with Crippen LogP contribution in [0.5, 0.6) is 23.0 Å². The number of nitrogens with zero attached hydrogens (tertiary/aromatic N) is 2. The minimum absolute atomic E-state index is 0.0803. The number of methoxy groups -OCH3 is 1. The number of aromatic nitrogens is 1. The van der Waals surface area contributed by atoms with Crippen LogP contribution in [-0.4, -0.2) is 31.0 Å². The third-order valence-corrected chi connectivity index (χ3v) is 8.86. The zero-order valence-corrected chi connectivity index (χ0v) is 26.8. The van der Waals surface area contributed by atoms with Crippen molar-refractivity contribution in [3.8, 4) is 23.0 Å². The van der Waals surface area contributed by atoms with Gasteiger partial charge >= 0.3 is 5.97 Å². The molecule has 2 aliphatic rings. The normalized spacial score (nSPS) is 15.1. The molecule has 4 aromatic carbocycles. The zero-order valence-electron chi connectivity index (χ0n) is 26.0. The molecular weight excluding hydrogens is 635 g/mol. The molecule has 0 saturated carbocycles. The van der Waals surface area contributed by atoms with Crippen molar-refractivity contribution in [2.45, 2.75) is 19.6 Å². The highest BCUT2D eigenvalue weighted by atomic mass is 32.1. The first-order chi connectivity index (χ1) is 23.4. The lowest BCUT2D eigenvalue weighted by Crippen LogP contribution is -2.40. The molecule has 5 aromatic rings. The van der Waals surface area contributed by atoms with Crippen molar-refractivity contribution in [2.24, 2.45) is 4.99 Å². The fourth-order valence-corrected chi connectivity index (χ4v) is 6.63. The number of thiazole rings is 1. The minimum Gasteiger partial charge on any atom is -0.493 e. The standard InChI is InChI=1S/C37H29FN2O7S/c1-3-44-36(42)32-33(24-7-5-4-6-8-24)39-37-40(34(32)25-12-16-28-30(19-25)47-21-46-28)35(41)31(48-37)18-23-11-15-27(29(17-23)43-2)45-20-22-9-13-26(38)14-10-22/h4-19,34H,3,20-21H2,1-2H3/b31-18-/t34-/m0/s1. The molecule has 3 heterocycles. The molecule has 9 nitrogen and oxygen atoms in total. The van der Waals surface area contributed by atoms with Crippen LogP contribution in [0.4, 0.5) is 4.39 Å². The predicted molar refractivity (Wildman–Crippen MR) is 177 cm³/mol. The van der Waals surface area contributed by atoms with Crippen molar-refractivity contribution in [1.82, 2.24) is 4.57 Å². The summed E-state index contributed by atoms with van der Waals surface area (Å²) < 4.78 is 43.5. The Bertz CT molecular complexity index is 2230. The van der Waals surface area contributed by atoms with Crippen molar-refractivity contribution in [1.29, 1.82) is 0 Å². The van der Waals surface area contributed by atoms with Crippen LogP contribution >= 0.6 is 11.3 Å². The third kappa shape index (κ3) is 5.95. The second-order valence-electron chi connectivity index (χ2n) is 10.9. The van der Waals surface area contributed by atoms with Crippen LogP contribution in [0.2, 0.25) is 0 Å². The average molecular weight is 665 g/mol. The number of benzene rings is 4. The summed E-state index contributed by atoms with van der Waals surface area (Å²) in [6.07, 6.45) is 1.75. The molecule has 0 N–H and O–H groups in total. The van der Waals surface area contributed by atoms with Gasteiger partial charge in [-0.25, -0.2) is 14.2 Å². The molecule has 0 bridgehead atoms. The molecule has 0 amide bonds. The van der Waals surface area contributed by atoms with Gasteiger partial charge in [0.05, 0.1) is 35.6 Å². The lowest BCUT2D eigenvalue weighted by atomic mass is 9.93. The van der Waals surface area contributed by atoms with Crippen molar-refractivity contribution in [3.05, 3.63) is 144 Å². The Morgan fingerprint density at radius 2 is 1.79 bits per heavy atom. The first-order valence-corrected chi connectivity index (χ1v) is 16.0. The number of fused-ring (bicyclic) bond motifs is 2. The minimum atomic E-state index is -0.857. The molecule has 242 valence electrons. The van der Waals surface area contributed by atoms with Crippen LogP contribution in [-0.2, 0) is 16.1 Å². The van der Waals surface area contributed by atoms with Crippen LogP contribution in [0.1, 0.15) is 35.2 Å². The smallest absolute Gasteiger partial charge is 0.338 e. The summed E-state index contributed by atoms with van der Waals surface area (Å²) in [6.45, 7) is 2.19. The van der Waals surface area contributed by atoms with Crippen molar-refractivity contribution in [2.75, 3.05) is 20.5 Å². The highest BCUT2D eigenvalue weighted by Crippen LogP contribution is 2.40. The van der Waals surface area contributed by atoms with Crippen LogP contribution in [0.15, 0.2) is 106 Å². The van der Waals surface area contributed by atoms with Crippen molar-refractivity contribution >= 4 is 29.1 Å². The van der Waals surface area contributed by atoms with E-state index in [9.17, 15) is 14.0 Å². The summed E-state index contributed by atoms with van der Waals surface area (Å²) in [6, 6.07) is 25.3. The quantitative estimate of drug-likeness (QED) is 0.195. The van der Waals surface area contributed by atoms with Gasteiger partial charge in [-0.3, -0.25) is 9.36 Å². The highest BCUT2D eigenvalue weighted by Gasteiger charge is 2.36. The Labute approximate surface area is 278 Å². The van der Waals surface area contributed by atoms with Gasteiger partial charge < -0.3 is 23.7 Å². The molecule has 11 heteroatoms. The van der Waals surface area contributed by atoms with Gasteiger partial charge in [-0.05, 0) is 66.1 Å². The van der Waals surface area contributed by atoms with Crippen LogP contribution < -0.4 is 33.8 Å². The monoisotopic (exact) mass is 664 g/mol. The SMILES string of the molecule is CCOC(=O)C1=C(c2ccccc2)N=c2s/c(=C\c3ccc(OCc4ccc(F)cc4)c(OC)c3)c(=O)n2[C@H]1c1ccc2c(c1)OCO2. The van der Waals surface area contributed by atoms with E-state index in [0.29, 0.717) is 54.7 Å². The maximum atomic E-state index is 14.3. The van der Waals surface area contributed by atoms with E-state index >= 15 is 0 Å². The van der Waals surface area contributed by atoms with E-state index in [2.05, 4.69) is 0 Å². The largest absolute Gasteiger partial charge is 0.493 e. The fourth-order valence-electron chi connectivity index (χ4n) is 5.63.